The first-order valence-electron chi connectivity index (χ1n) is 5.81. The van der Waals surface area contributed by atoms with Gasteiger partial charge in [-0.05, 0) is 29.5 Å². The van der Waals surface area contributed by atoms with Crippen LogP contribution >= 0.6 is 0 Å². The second-order valence-corrected chi connectivity index (χ2v) is 4.01. The largest absolute Gasteiger partial charge is 0.434 e. The van der Waals surface area contributed by atoms with Crippen LogP contribution in [0.5, 0.6) is 6.01 Å². The van der Waals surface area contributed by atoms with E-state index in [0.717, 1.165) is 10.9 Å². The molecule has 3 aromatic rings. The molecule has 1 N–H and O–H groups in total. The van der Waals surface area contributed by atoms with Crippen molar-refractivity contribution in [2.45, 2.75) is 0 Å². The molecule has 2 aromatic heterocycles. The van der Waals surface area contributed by atoms with Crippen molar-refractivity contribution in [3.63, 3.8) is 0 Å². The summed E-state index contributed by atoms with van der Waals surface area (Å²) in [5.41, 5.74) is 1.32. The fraction of sp³-hybridized carbons (Fsp3) is 0.167. The lowest BCUT2D eigenvalue weighted by molar-refractivity contribution is 0.0441. The van der Waals surface area contributed by atoms with Gasteiger partial charge in [0.1, 0.15) is 0 Å². The Labute approximate surface area is 112 Å². The number of rotatable bonds is 4. The maximum Gasteiger partial charge on any atom is 0.358 e. The topological polar surface area (TPSA) is 94.9 Å². The van der Waals surface area contributed by atoms with Gasteiger partial charge in [-0.3, -0.25) is 4.79 Å². The molecular formula is C12H11N5O3. The van der Waals surface area contributed by atoms with Gasteiger partial charge >= 0.3 is 6.01 Å². The number of nitrogens with one attached hydrogen (secondary N) is 1. The lowest BCUT2D eigenvalue weighted by Gasteiger charge is -2.01. The van der Waals surface area contributed by atoms with Gasteiger partial charge < -0.3 is 14.5 Å². The molecule has 0 radical (unpaired) electrons. The number of pyridine rings is 1. The Morgan fingerprint density at radius 2 is 2.20 bits per heavy atom. The van der Waals surface area contributed by atoms with E-state index in [9.17, 15) is 4.79 Å². The first kappa shape index (κ1) is 12.3. The van der Waals surface area contributed by atoms with Crippen molar-refractivity contribution >= 4 is 10.9 Å². The molecule has 8 nitrogen and oxygen atoms in total. The number of aromatic amines is 1. The van der Waals surface area contributed by atoms with E-state index in [0.29, 0.717) is 5.69 Å². The monoisotopic (exact) mass is 273 g/mol. The van der Waals surface area contributed by atoms with E-state index in [-0.39, 0.29) is 18.4 Å². The molecule has 0 bridgehead atoms. The van der Waals surface area contributed by atoms with E-state index in [4.69, 9.17) is 9.47 Å². The molecule has 2 heterocycles. The van der Waals surface area contributed by atoms with Crippen LogP contribution in [0, 0.1) is 0 Å². The van der Waals surface area contributed by atoms with E-state index in [1.165, 1.54) is 18.0 Å². The number of H-pyrrole nitrogens is 1. The molecule has 0 aliphatic heterocycles. The van der Waals surface area contributed by atoms with Gasteiger partial charge in [0.25, 0.3) is 0 Å². The highest BCUT2D eigenvalue weighted by Gasteiger charge is 2.06. The van der Waals surface area contributed by atoms with Crippen molar-refractivity contribution in [2.24, 2.45) is 0 Å². The van der Waals surface area contributed by atoms with Crippen LogP contribution in [0.2, 0.25) is 0 Å². The zero-order chi connectivity index (χ0) is 13.9. The van der Waals surface area contributed by atoms with Crippen molar-refractivity contribution < 1.29 is 9.47 Å². The fourth-order valence-corrected chi connectivity index (χ4v) is 1.75. The number of nitrogens with zero attached hydrogens (tertiary/aromatic N) is 4. The van der Waals surface area contributed by atoms with Crippen LogP contribution < -0.4 is 10.3 Å². The third-order valence-electron chi connectivity index (χ3n) is 2.64. The van der Waals surface area contributed by atoms with Crippen LogP contribution in [0.4, 0.5) is 0 Å². The molecule has 102 valence electrons. The highest BCUT2D eigenvalue weighted by atomic mass is 16.7. The van der Waals surface area contributed by atoms with Crippen molar-refractivity contribution in [1.82, 2.24) is 25.2 Å². The summed E-state index contributed by atoms with van der Waals surface area (Å²) in [6.45, 7) is 0.0602. The van der Waals surface area contributed by atoms with Gasteiger partial charge in [0.15, 0.2) is 6.79 Å². The summed E-state index contributed by atoms with van der Waals surface area (Å²) in [4.78, 5) is 15.3. The first-order chi connectivity index (χ1) is 9.76. The minimum Gasteiger partial charge on any atom is -0.434 e. The average Bonchev–Trinajstić information content (AvgIpc) is 2.93. The molecule has 0 aliphatic carbocycles. The minimum atomic E-state index is -0.139. The molecule has 0 atom stereocenters. The molecule has 0 saturated carbocycles. The van der Waals surface area contributed by atoms with E-state index in [1.807, 2.05) is 6.07 Å². The van der Waals surface area contributed by atoms with Crippen molar-refractivity contribution in [2.75, 3.05) is 13.9 Å². The molecule has 0 aliphatic rings. The standard InChI is InChI=1S/C12H11N5O3/c1-19-7-20-12-14-16-17(15-12)9-3-4-10-8(6-9)2-5-11(18)13-10/h2-6H,7H2,1H3,(H,13,18). The van der Waals surface area contributed by atoms with Crippen LogP contribution in [0.25, 0.3) is 16.6 Å². The summed E-state index contributed by atoms with van der Waals surface area (Å²) >= 11 is 0. The molecule has 0 amide bonds. The number of methoxy groups -OCH3 is 1. The second-order valence-electron chi connectivity index (χ2n) is 4.01. The lowest BCUT2D eigenvalue weighted by Crippen LogP contribution is -2.04. The molecule has 0 unspecified atom stereocenters. The van der Waals surface area contributed by atoms with Crippen LogP contribution in [0.3, 0.4) is 0 Å². The normalized spacial score (nSPS) is 10.8. The highest BCUT2D eigenvalue weighted by molar-refractivity contribution is 5.80. The van der Waals surface area contributed by atoms with E-state index < -0.39 is 0 Å². The van der Waals surface area contributed by atoms with Crippen LogP contribution in [-0.4, -0.2) is 39.1 Å². The SMILES string of the molecule is COCOc1nnn(-c2ccc3[nH]c(=O)ccc3c2)n1. The molecular weight excluding hydrogens is 262 g/mol. The maximum absolute atomic E-state index is 11.2. The number of aromatic nitrogens is 5. The predicted octanol–water partition coefficient (Wildman–Crippen LogP) is 0.486. The van der Waals surface area contributed by atoms with E-state index >= 15 is 0 Å². The molecule has 0 spiro atoms. The number of hydrogen-bond donors (Lipinski definition) is 1. The minimum absolute atomic E-state index is 0.0602. The number of ether oxygens (including phenoxy) is 2. The average molecular weight is 273 g/mol. The summed E-state index contributed by atoms with van der Waals surface area (Å²) in [6, 6.07) is 8.73. The van der Waals surface area contributed by atoms with Gasteiger partial charge in [0, 0.05) is 24.1 Å². The zero-order valence-electron chi connectivity index (χ0n) is 10.6. The Bertz CT molecular complexity index is 795. The van der Waals surface area contributed by atoms with Crippen molar-refractivity contribution in [1.29, 1.82) is 0 Å². The molecule has 8 heteroatoms. The summed E-state index contributed by atoms with van der Waals surface area (Å²) in [6.07, 6.45) is 0. The van der Waals surface area contributed by atoms with Gasteiger partial charge in [-0.25, -0.2) is 0 Å². The number of hydrogen-bond acceptors (Lipinski definition) is 6. The summed E-state index contributed by atoms with van der Waals surface area (Å²) in [5.74, 6) is 0. The van der Waals surface area contributed by atoms with E-state index in [1.54, 1.807) is 18.2 Å². The highest BCUT2D eigenvalue weighted by Crippen LogP contribution is 2.14. The van der Waals surface area contributed by atoms with Gasteiger partial charge in [0.2, 0.25) is 5.56 Å². The van der Waals surface area contributed by atoms with E-state index in [2.05, 4.69) is 20.4 Å². The van der Waals surface area contributed by atoms with Crippen LogP contribution in [0.1, 0.15) is 0 Å². The summed E-state index contributed by atoms with van der Waals surface area (Å²) in [7, 11) is 1.51. The van der Waals surface area contributed by atoms with Gasteiger partial charge in [-0.15, -0.1) is 4.80 Å². The summed E-state index contributed by atoms with van der Waals surface area (Å²) in [5, 5.41) is 12.6. The van der Waals surface area contributed by atoms with Gasteiger partial charge in [-0.1, -0.05) is 10.2 Å². The Morgan fingerprint density at radius 3 is 3.05 bits per heavy atom. The summed E-state index contributed by atoms with van der Waals surface area (Å²) < 4.78 is 9.84. The maximum atomic E-state index is 11.2. The lowest BCUT2D eigenvalue weighted by atomic mass is 10.2. The third kappa shape index (κ3) is 2.36. The van der Waals surface area contributed by atoms with Crippen LogP contribution in [-0.2, 0) is 4.74 Å². The number of benzene rings is 1. The fourth-order valence-electron chi connectivity index (χ4n) is 1.75. The molecule has 0 saturated heterocycles. The third-order valence-corrected chi connectivity index (χ3v) is 2.64. The molecule has 0 fully saturated rings. The quantitative estimate of drug-likeness (QED) is 0.695. The molecule has 20 heavy (non-hydrogen) atoms. The zero-order valence-corrected chi connectivity index (χ0v) is 10.6. The van der Waals surface area contributed by atoms with Gasteiger partial charge in [-0.2, -0.15) is 0 Å². The smallest absolute Gasteiger partial charge is 0.358 e. The number of tetrazole rings is 1. The second kappa shape index (κ2) is 5.10. The number of fused-ring (bicyclic) bond motifs is 1. The van der Waals surface area contributed by atoms with Crippen molar-refractivity contribution in [3.05, 3.63) is 40.7 Å². The van der Waals surface area contributed by atoms with Crippen LogP contribution in [0.15, 0.2) is 35.1 Å². The predicted molar refractivity (Wildman–Crippen MR) is 69.8 cm³/mol. The first-order valence-corrected chi connectivity index (χ1v) is 5.81. The Hall–Kier alpha value is -2.74. The van der Waals surface area contributed by atoms with Crippen molar-refractivity contribution in [3.8, 4) is 11.7 Å². The Balaban J connectivity index is 1.95. The Morgan fingerprint density at radius 1 is 1.30 bits per heavy atom. The van der Waals surface area contributed by atoms with Gasteiger partial charge in [0.05, 0.1) is 5.69 Å². The Kier molecular flexibility index (Phi) is 3.13. The molecule has 3 rings (SSSR count). The molecule has 1 aromatic carbocycles.